The van der Waals surface area contributed by atoms with Gasteiger partial charge in [0.2, 0.25) is 0 Å². The van der Waals surface area contributed by atoms with Crippen LogP contribution in [0.5, 0.6) is 0 Å². The standard InChI is InChI=1S/C19H14N4O6/c1-27-18(25)15-7-12(29-22-15)10-28-19(26)14-8-16-20-13(9-17(24)23(16)21-14)11-5-3-2-4-6-11/h2-9,21H,10H2,1H3. The summed E-state index contributed by atoms with van der Waals surface area (Å²) in [5, 5.41) is 6.18. The average Bonchev–Trinajstić information content (AvgIpc) is 3.39. The molecule has 1 aromatic carbocycles. The second-order valence-electron chi connectivity index (χ2n) is 5.96. The van der Waals surface area contributed by atoms with Crippen LogP contribution in [0.25, 0.3) is 16.9 Å². The SMILES string of the molecule is COC(=O)c1cc(COC(=O)c2cc3nc(-c4ccccc4)cc(=O)n3[nH]2)on1. The molecular weight excluding hydrogens is 380 g/mol. The van der Waals surface area contributed by atoms with Gasteiger partial charge in [-0.05, 0) is 0 Å². The van der Waals surface area contributed by atoms with E-state index in [0.717, 1.165) is 10.1 Å². The number of ether oxygens (including phenoxy) is 2. The van der Waals surface area contributed by atoms with Gasteiger partial charge >= 0.3 is 11.9 Å². The Bertz CT molecular complexity index is 1250. The van der Waals surface area contributed by atoms with Crippen molar-refractivity contribution in [3.05, 3.63) is 76.0 Å². The van der Waals surface area contributed by atoms with Gasteiger partial charge in [0.25, 0.3) is 5.56 Å². The molecule has 146 valence electrons. The number of fused-ring (bicyclic) bond motifs is 1. The van der Waals surface area contributed by atoms with Crippen molar-refractivity contribution in [2.24, 2.45) is 0 Å². The Morgan fingerprint density at radius 3 is 2.69 bits per heavy atom. The molecule has 0 saturated carbocycles. The van der Waals surface area contributed by atoms with E-state index in [1.54, 1.807) is 0 Å². The summed E-state index contributed by atoms with van der Waals surface area (Å²) in [6.45, 7) is -0.254. The number of methoxy groups -OCH3 is 1. The number of nitrogens with zero attached hydrogens (tertiary/aromatic N) is 3. The first-order valence-electron chi connectivity index (χ1n) is 8.44. The molecule has 4 rings (SSSR count). The van der Waals surface area contributed by atoms with E-state index in [0.29, 0.717) is 5.69 Å². The third kappa shape index (κ3) is 3.63. The smallest absolute Gasteiger partial charge is 0.360 e. The number of carbonyl (C=O) groups is 2. The molecule has 3 heterocycles. The van der Waals surface area contributed by atoms with Crippen molar-refractivity contribution in [1.82, 2.24) is 19.8 Å². The molecule has 0 spiro atoms. The van der Waals surface area contributed by atoms with Crippen LogP contribution in [0.1, 0.15) is 26.7 Å². The molecule has 0 fully saturated rings. The monoisotopic (exact) mass is 394 g/mol. The van der Waals surface area contributed by atoms with Crippen LogP contribution in [-0.2, 0) is 16.1 Å². The van der Waals surface area contributed by atoms with E-state index < -0.39 is 11.9 Å². The lowest BCUT2D eigenvalue weighted by molar-refractivity contribution is 0.0428. The molecule has 3 aromatic heterocycles. The summed E-state index contributed by atoms with van der Waals surface area (Å²) < 4.78 is 15.7. The summed E-state index contributed by atoms with van der Waals surface area (Å²) in [7, 11) is 1.21. The van der Waals surface area contributed by atoms with Gasteiger partial charge in [0.15, 0.2) is 23.7 Å². The van der Waals surface area contributed by atoms with Gasteiger partial charge in [-0.25, -0.2) is 19.1 Å². The van der Waals surface area contributed by atoms with Crippen molar-refractivity contribution in [3.63, 3.8) is 0 Å². The predicted molar refractivity (Wildman–Crippen MR) is 98.2 cm³/mol. The number of hydrogen-bond donors (Lipinski definition) is 1. The van der Waals surface area contributed by atoms with Crippen LogP contribution in [0.3, 0.4) is 0 Å². The molecule has 0 saturated heterocycles. The summed E-state index contributed by atoms with van der Waals surface area (Å²) in [5.74, 6) is -1.23. The highest BCUT2D eigenvalue weighted by Gasteiger charge is 2.17. The number of H-pyrrole nitrogens is 1. The molecule has 0 bridgehead atoms. The number of hydrogen-bond acceptors (Lipinski definition) is 8. The minimum atomic E-state index is -0.729. The quantitative estimate of drug-likeness (QED) is 0.508. The molecule has 4 aromatic rings. The summed E-state index contributed by atoms with van der Waals surface area (Å²) in [6, 6.07) is 13.3. The maximum atomic E-state index is 12.4. The van der Waals surface area contributed by atoms with Crippen molar-refractivity contribution in [2.45, 2.75) is 6.61 Å². The van der Waals surface area contributed by atoms with Crippen LogP contribution in [0.2, 0.25) is 0 Å². The van der Waals surface area contributed by atoms with Crippen LogP contribution in [0, 0.1) is 0 Å². The van der Waals surface area contributed by atoms with Gasteiger partial charge < -0.3 is 14.0 Å². The van der Waals surface area contributed by atoms with Crippen molar-refractivity contribution in [1.29, 1.82) is 0 Å². The first kappa shape index (κ1) is 18.2. The van der Waals surface area contributed by atoms with Gasteiger partial charge in [-0.2, -0.15) is 0 Å². The number of carbonyl (C=O) groups excluding carboxylic acids is 2. The molecule has 10 heteroatoms. The van der Waals surface area contributed by atoms with Gasteiger partial charge in [0.05, 0.1) is 12.8 Å². The zero-order chi connectivity index (χ0) is 20.4. The molecule has 0 radical (unpaired) electrons. The number of benzene rings is 1. The zero-order valence-corrected chi connectivity index (χ0v) is 15.1. The Morgan fingerprint density at radius 2 is 1.93 bits per heavy atom. The number of nitrogens with one attached hydrogen (secondary N) is 1. The fraction of sp³-hybridized carbons (Fsp3) is 0.105. The normalized spacial score (nSPS) is 10.8. The van der Waals surface area contributed by atoms with Gasteiger partial charge in [-0.1, -0.05) is 35.5 Å². The maximum absolute atomic E-state index is 12.4. The largest absolute Gasteiger partial charge is 0.464 e. The Kier molecular flexibility index (Phi) is 4.65. The Hall–Kier alpha value is -4.21. The van der Waals surface area contributed by atoms with Crippen molar-refractivity contribution >= 4 is 17.6 Å². The Labute approximate surface area is 162 Å². The fourth-order valence-corrected chi connectivity index (χ4v) is 2.65. The molecule has 0 aliphatic rings. The topological polar surface area (TPSA) is 129 Å². The summed E-state index contributed by atoms with van der Waals surface area (Å²) >= 11 is 0. The molecular formula is C19H14N4O6. The van der Waals surface area contributed by atoms with Crippen LogP contribution >= 0.6 is 0 Å². The molecule has 0 aliphatic carbocycles. The molecule has 0 amide bonds. The van der Waals surface area contributed by atoms with Crippen LogP contribution in [0.15, 0.2) is 57.8 Å². The summed E-state index contributed by atoms with van der Waals surface area (Å²) in [6.07, 6.45) is 0. The van der Waals surface area contributed by atoms with Gasteiger partial charge in [-0.15, -0.1) is 0 Å². The van der Waals surface area contributed by atoms with Crippen molar-refractivity contribution < 1.29 is 23.6 Å². The highest BCUT2D eigenvalue weighted by Crippen LogP contribution is 2.16. The molecule has 0 aliphatic heterocycles. The van der Waals surface area contributed by atoms with Crippen LogP contribution < -0.4 is 5.56 Å². The first-order chi connectivity index (χ1) is 14.0. The number of rotatable bonds is 5. The zero-order valence-electron chi connectivity index (χ0n) is 15.1. The number of aromatic nitrogens is 4. The van der Waals surface area contributed by atoms with E-state index in [4.69, 9.17) is 9.26 Å². The first-order valence-corrected chi connectivity index (χ1v) is 8.44. The van der Waals surface area contributed by atoms with E-state index in [9.17, 15) is 14.4 Å². The van der Waals surface area contributed by atoms with Crippen LogP contribution in [0.4, 0.5) is 0 Å². The molecule has 29 heavy (non-hydrogen) atoms. The van der Waals surface area contributed by atoms with Gasteiger partial charge in [-0.3, -0.25) is 9.89 Å². The summed E-state index contributed by atoms with van der Waals surface area (Å²) in [5.41, 5.74) is 1.18. The fourth-order valence-electron chi connectivity index (χ4n) is 2.65. The van der Waals surface area contributed by atoms with E-state index in [1.807, 2.05) is 30.3 Å². The lowest BCUT2D eigenvalue weighted by Gasteiger charge is -2.00. The van der Waals surface area contributed by atoms with E-state index in [1.165, 1.54) is 25.3 Å². The lowest BCUT2D eigenvalue weighted by atomic mass is 10.1. The second-order valence-corrected chi connectivity index (χ2v) is 5.96. The minimum absolute atomic E-state index is 0.0339. The van der Waals surface area contributed by atoms with Gasteiger partial charge in [0.1, 0.15) is 5.69 Å². The lowest BCUT2D eigenvalue weighted by Crippen LogP contribution is -2.15. The molecule has 0 atom stereocenters. The van der Waals surface area contributed by atoms with E-state index in [2.05, 4.69) is 20.0 Å². The third-order valence-electron chi connectivity index (χ3n) is 4.04. The Balaban J connectivity index is 1.54. The van der Waals surface area contributed by atoms with E-state index >= 15 is 0 Å². The van der Waals surface area contributed by atoms with E-state index in [-0.39, 0.29) is 35.0 Å². The Morgan fingerprint density at radius 1 is 1.14 bits per heavy atom. The second kappa shape index (κ2) is 7.43. The van der Waals surface area contributed by atoms with Crippen LogP contribution in [-0.4, -0.2) is 38.8 Å². The number of aromatic amines is 1. The minimum Gasteiger partial charge on any atom is -0.464 e. The highest BCUT2D eigenvalue weighted by molar-refractivity contribution is 5.89. The maximum Gasteiger partial charge on any atom is 0.360 e. The van der Waals surface area contributed by atoms with Crippen molar-refractivity contribution in [2.75, 3.05) is 7.11 Å². The van der Waals surface area contributed by atoms with Gasteiger partial charge in [0, 0.05) is 23.8 Å². The molecule has 10 nitrogen and oxygen atoms in total. The third-order valence-corrected chi connectivity index (χ3v) is 4.04. The molecule has 0 unspecified atom stereocenters. The molecule has 1 N–H and O–H groups in total. The highest BCUT2D eigenvalue weighted by atomic mass is 16.6. The predicted octanol–water partition coefficient (Wildman–Crippen LogP) is 1.82. The average molecular weight is 394 g/mol. The summed E-state index contributed by atoms with van der Waals surface area (Å²) in [4.78, 5) is 40.4. The van der Waals surface area contributed by atoms with Crippen molar-refractivity contribution in [3.8, 4) is 11.3 Å². The number of esters is 2.